The molecule has 0 saturated heterocycles. The topological polar surface area (TPSA) is 71.8 Å². The molecule has 0 amide bonds. The molecule has 0 radical (unpaired) electrons. The Bertz CT molecular complexity index is 925. The van der Waals surface area contributed by atoms with Crippen LogP contribution in [0.15, 0.2) is 41.2 Å². The van der Waals surface area contributed by atoms with E-state index in [1.807, 2.05) is 30.4 Å². The third-order valence-corrected chi connectivity index (χ3v) is 5.12. The minimum absolute atomic E-state index is 0.101. The van der Waals surface area contributed by atoms with Crippen molar-refractivity contribution in [1.29, 1.82) is 0 Å². The quantitative estimate of drug-likeness (QED) is 0.853. The minimum Gasteiger partial charge on any atom is -0.330 e. The first-order valence-corrected chi connectivity index (χ1v) is 7.76. The van der Waals surface area contributed by atoms with Crippen LogP contribution in [0.2, 0.25) is 0 Å². The van der Waals surface area contributed by atoms with Crippen LogP contribution in [-0.4, -0.2) is 21.4 Å². The van der Waals surface area contributed by atoms with Gasteiger partial charge < -0.3 is 10.7 Å². The van der Waals surface area contributed by atoms with E-state index >= 15 is 0 Å². The van der Waals surface area contributed by atoms with Gasteiger partial charge >= 0.3 is 0 Å². The summed E-state index contributed by atoms with van der Waals surface area (Å²) in [6, 6.07) is 5.81. The first-order valence-electron chi connectivity index (χ1n) is 7.36. The van der Waals surface area contributed by atoms with Crippen LogP contribution >= 0.6 is 12.2 Å². The van der Waals surface area contributed by atoms with Crippen LogP contribution in [-0.2, 0) is 5.41 Å². The number of thiocarbonyl (C=S) groups is 1. The van der Waals surface area contributed by atoms with Gasteiger partial charge in [-0.3, -0.25) is 4.79 Å². The lowest BCUT2D eigenvalue weighted by Gasteiger charge is -2.37. The zero-order valence-corrected chi connectivity index (χ0v) is 12.7. The second kappa shape index (κ2) is 4.69. The zero-order valence-electron chi connectivity index (χ0n) is 11.9. The molecule has 1 aromatic carbocycles. The molecule has 5 heteroatoms. The van der Waals surface area contributed by atoms with E-state index in [1.165, 1.54) is 0 Å². The molecule has 22 heavy (non-hydrogen) atoms. The van der Waals surface area contributed by atoms with Gasteiger partial charge in [-0.05, 0) is 31.0 Å². The normalized spacial score (nSPS) is 22.0. The number of H-pyrrole nitrogens is 1. The molecule has 6 bridgehead atoms. The van der Waals surface area contributed by atoms with Gasteiger partial charge in [-0.1, -0.05) is 42.6 Å². The van der Waals surface area contributed by atoms with Crippen molar-refractivity contribution < 1.29 is 0 Å². The van der Waals surface area contributed by atoms with Crippen LogP contribution in [0.25, 0.3) is 16.5 Å². The fourth-order valence-electron chi connectivity index (χ4n) is 3.50. The standard InChI is InChI=1S/C17H15N3OS/c18-9-3-8-17-7-2-4-10(14(17)22)15-19-12-6-1-5-11(17)13(12)16(21)20-15/h1-2,4-7H,3,8-9,18H2,(H,19,20,21). The van der Waals surface area contributed by atoms with Gasteiger partial charge in [0.05, 0.1) is 16.3 Å². The van der Waals surface area contributed by atoms with Crippen LogP contribution in [0.1, 0.15) is 24.2 Å². The predicted octanol–water partition coefficient (Wildman–Crippen LogP) is 2.24. The smallest absolute Gasteiger partial charge is 0.259 e. The van der Waals surface area contributed by atoms with Crippen molar-refractivity contribution in [3.63, 3.8) is 0 Å². The van der Waals surface area contributed by atoms with Crippen LogP contribution in [0, 0.1) is 0 Å². The van der Waals surface area contributed by atoms with E-state index in [-0.39, 0.29) is 5.56 Å². The van der Waals surface area contributed by atoms with Crippen LogP contribution in [0.5, 0.6) is 0 Å². The number of benzene rings is 1. The van der Waals surface area contributed by atoms with Gasteiger partial charge in [0.1, 0.15) is 5.82 Å². The molecule has 3 heterocycles. The Hall–Kier alpha value is -2.11. The molecule has 5 rings (SSSR count). The van der Waals surface area contributed by atoms with Gasteiger partial charge in [-0.25, -0.2) is 4.98 Å². The van der Waals surface area contributed by atoms with Crippen LogP contribution < -0.4 is 11.3 Å². The Morgan fingerprint density at radius 1 is 1.36 bits per heavy atom. The van der Waals surface area contributed by atoms with Gasteiger partial charge in [0.15, 0.2) is 0 Å². The number of hydrogen-bond acceptors (Lipinski definition) is 4. The van der Waals surface area contributed by atoms with E-state index in [0.717, 1.165) is 34.4 Å². The average molecular weight is 309 g/mol. The molecule has 2 aromatic rings. The number of fused-ring (bicyclic) bond motifs is 1. The monoisotopic (exact) mass is 309 g/mol. The fourth-order valence-corrected chi connectivity index (χ4v) is 3.95. The van der Waals surface area contributed by atoms with E-state index in [2.05, 4.69) is 16.0 Å². The summed E-state index contributed by atoms with van der Waals surface area (Å²) in [4.78, 5) is 20.8. The molecule has 1 aromatic heterocycles. The van der Waals surface area contributed by atoms with Gasteiger partial charge in [-0.2, -0.15) is 0 Å². The summed E-state index contributed by atoms with van der Waals surface area (Å²) in [6.07, 6.45) is 7.69. The summed E-state index contributed by atoms with van der Waals surface area (Å²) in [5.74, 6) is 0.556. The van der Waals surface area contributed by atoms with Crippen molar-refractivity contribution >= 4 is 33.6 Å². The molecule has 1 unspecified atom stereocenters. The number of allylic oxidation sites excluding steroid dienone is 4. The summed E-state index contributed by atoms with van der Waals surface area (Å²) in [5, 5.41) is 0.635. The Labute approximate surface area is 132 Å². The maximum Gasteiger partial charge on any atom is 0.259 e. The summed E-state index contributed by atoms with van der Waals surface area (Å²) >= 11 is 5.80. The summed E-state index contributed by atoms with van der Waals surface area (Å²) in [5.41, 5.74) is 7.67. The lowest BCUT2D eigenvalue weighted by atomic mass is 9.68. The molecular formula is C17H15N3OS. The first-order chi connectivity index (χ1) is 10.7. The van der Waals surface area contributed by atoms with Crippen molar-refractivity contribution in [2.24, 2.45) is 5.73 Å². The number of nitrogens with zero attached hydrogens (tertiary/aromatic N) is 1. The highest BCUT2D eigenvalue weighted by atomic mass is 32.1. The van der Waals surface area contributed by atoms with E-state index in [1.54, 1.807) is 0 Å². The highest BCUT2D eigenvalue weighted by Gasteiger charge is 2.41. The molecule has 0 saturated carbocycles. The molecule has 3 aliphatic rings. The molecule has 1 aliphatic carbocycles. The molecule has 4 nitrogen and oxygen atoms in total. The lowest BCUT2D eigenvalue weighted by molar-refractivity contribution is 0.613. The largest absolute Gasteiger partial charge is 0.330 e. The lowest BCUT2D eigenvalue weighted by Crippen LogP contribution is -2.39. The molecular weight excluding hydrogens is 294 g/mol. The van der Waals surface area contributed by atoms with Crippen molar-refractivity contribution in [3.05, 3.63) is 58.2 Å². The van der Waals surface area contributed by atoms with E-state index < -0.39 is 5.41 Å². The highest BCUT2D eigenvalue weighted by molar-refractivity contribution is 7.81. The Kier molecular flexibility index (Phi) is 2.89. The van der Waals surface area contributed by atoms with Crippen molar-refractivity contribution in [2.45, 2.75) is 18.3 Å². The van der Waals surface area contributed by atoms with E-state index in [9.17, 15) is 4.79 Å². The Morgan fingerprint density at radius 3 is 3.05 bits per heavy atom. The van der Waals surface area contributed by atoms with Crippen LogP contribution in [0.3, 0.4) is 0 Å². The van der Waals surface area contributed by atoms with Crippen molar-refractivity contribution in [2.75, 3.05) is 6.54 Å². The summed E-state index contributed by atoms with van der Waals surface area (Å²) in [7, 11) is 0. The molecule has 0 spiro atoms. The minimum atomic E-state index is -0.441. The first kappa shape index (κ1) is 13.5. The molecule has 2 aliphatic heterocycles. The second-order valence-corrected chi connectivity index (χ2v) is 6.15. The maximum absolute atomic E-state index is 12.6. The molecule has 1 atom stereocenters. The van der Waals surface area contributed by atoms with Gasteiger partial charge in [0, 0.05) is 10.4 Å². The molecule has 3 N–H and O–H groups in total. The van der Waals surface area contributed by atoms with Crippen molar-refractivity contribution in [3.8, 4) is 0 Å². The zero-order chi connectivity index (χ0) is 15.3. The Morgan fingerprint density at radius 2 is 2.23 bits per heavy atom. The molecule has 0 fully saturated rings. The van der Waals surface area contributed by atoms with Crippen LogP contribution in [0.4, 0.5) is 0 Å². The average Bonchev–Trinajstić information content (AvgIpc) is 2.53. The number of aromatic nitrogens is 2. The predicted molar refractivity (Wildman–Crippen MR) is 92.0 cm³/mol. The number of nitrogens with one attached hydrogen (secondary N) is 1. The second-order valence-electron chi connectivity index (χ2n) is 5.75. The number of nitrogens with two attached hydrogens (primary N) is 1. The highest BCUT2D eigenvalue weighted by Crippen LogP contribution is 2.43. The fraction of sp³-hybridized carbons (Fsp3) is 0.235. The van der Waals surface area contributed by atoms with Crippen molar-refractivity contribution in [1.82, 2.24) is 9.97 Å². The number of rotatable bonds is 3. The summed E-state index contributed by atoms with van der Waals surface area (Å²) < 4.78 is 0. The third-order valence-electron chi connectivity index (χ3n) is 4.54. The van der Waals surface area contributed by atoms with Gasteiger partial charge in [0.2, 0.25) is 0 Å². The maximum atomic E-state index is 12.6. The van der Waals surface area contributed by atoms with Gasteiger partial charge in [0.25, 0.3) is 5.56 Å². The van der Waals surface area contributed by atoms with E-state index in [4.69, 9.17) is 18.0 Å². The summed E-state index contributed by atoms with van der Waals surface area (Å²) in [6.45, 7) is 0.597. The van der Waals surface area contributed by atoms with E-state index in [0.29, 0.717) is 17.8 Å². The Balaban J connectivity index is 2.17. The number of aromatic amines is 1. The SMILES string of the molecule is NCCCC12C=CC=C(C1=S)c1nc3cccc2c3c(=O)[nH]1. The van der Waals surface area contributed by atoms with Gasteiger partial charge in [-0.15, -0.1) is 0 Å². The third kappa shape index (κ3) is 1.63. The number of hydrogen-bond donors (Lipinski definition) is 2. The molecule has 110 valence electrons.